The quantitative estimate of drug-likeness (QED) is 0.157. The number of carbonyl (C=O) groups excluding carboxylic acids is 1. The third kappa shape index (κ3) is 5.60. The number of phosphoric ester groups is 2. The minimum absolute atomic E-state index is 0.00311. The summed E-state index contributed by atoms with van der Waals surface area (Å²) in [7, 11) is -10.2. The van der Waals surface area contributed by atoms with Crippen LogP contribution in [0.15, 0.2) is 17.6 Å². The minimum Gasteiger partial charge on any atom is -0.396 e. The van der Waals surface area contributed by atoms with Crippen molar-refractivity contribution in [2.24, 2.45) is 16.6 Å². The van der Waals surface area contributed by atoms with Crippen LogP contribution in [-0.4, -0.2) is 127 Å². The molecular weight excluding hydrogens is 665 g/mol. The van der Waals surface area contributed by atoms with Crippen LogP contribution in [0.25, 0.3) is 11.2 Å². The lowest BCUT2D eigenvalue weighted by Gasteiger charge is -2.39. The smallest absolute Gasteiger partial charge is 0.396 e. The van der Waals surface area contributed by atoms with Crippen molar-refractivity contribution in [1.29, 1.82) is 0 Å². The van der Waals surface area contributed by atoms with E-state index in [1.807, 2.05) is 0 Å². The Morgan fingerprint density at radius 2 is 1.74 bits per heavy atom. The lowest BCUT2D eigenvalue weighted by molar-refractivity contribution is -0.130. The number of nitrogens with two attached hydrogens (primary N) is 2. The van der Waals surface area contributed by atoms with Gasteiger partial charge >= 0.3 is 15.6 Å². The minimum atomic E-state index is -5.11. The molecule has 2 aromatic rings. The Balaban J connectivity index is 1.17. The number of ether oxygens (including phenoxy) is 2. The molecule has 0 aliphatic carbocycles. The molecule has 25 heteroatoms. The second-order valence-corrected chi connectivity index (χ2v) is 13.7. The fourth-order valence-electron chi connectivity index (χ4n) is 6.01. The zero-order valence-corrected chi connectivity index (χ0v) is 25.1. The number of anilines is 1. The summed E-state index contributed by atoms with van der Waals surface area (Å²) in [6, 6.07) is -0.977. The number of rotatable bonds is 3. The molecule has 9 N–H and O–H groups in total. The Kier molecular flexibility index (Phi) is 8.12. The van der Waals surface area contributed by atoms with Gasteiger partial charge in [-0.1, -0.05) is 0 Å². The van der Waals surface area contributed by atoms with E-state index in [-0.39, 0.29) is 17.0 Å². The van der Waals surface area contributed by atoms with Crippen molar-refractivity contribution in [3.63, 3.8) is 0 Å². The van der Waals surface area contributed by atoms with Crippen molar-refractivity contribution in [2.75, 3.05) is 25.6 Å². The van der Waals surface area contributed by atoms with Gasteiger partial charge in [0.2, 0.25) is 0 Å². The molecule has 7 heterocycles. The first-order valence-corrected chi connectivity index (χ1v) is 16.8. The Morgan fingerprint density at radius 3 is 2.48 bits per heavy atom. The molecule has 1 amide bonds. The van der Waals surface area contributed by atoms with Crippen LogP contribution < -0.4 is 22.1 Å². The molecule has 7 rings (SSSR count). The Bertz CT molecular complexity index is 1640. The van der Waals surface area contributed by atoms with E-state index in [0.29, 0.717) is 0 Å². The van der Waals surface area contributed by atoms with Gasteiger partial charge in [-0.15, -0.1) is 0 Å². The highest BCUT2D eigenvalue weighted by Gasteiger charge is 2.57. The maximum absolute atomic E-state index is 15.9. The first-order chi connectivity index (χ1) is 21.9. The number of aliphatic hydroxyl groups is 1. The first-order valence-electron chi connectivity index (χ1n) is 13.8. The molecule has 46 heavy (non-hydrogen) atoms. The van der Waals surface area contributed by atoms with Crippen molar-refractivity contribution >= 4 is 44.9 Å². The van der Waals surface area contributed by atoms with Crippen LogP contribution in [0.4, 0.5) is 10.2 Å². The number of hydrogen-bond acceptors (Lipinski definition) is 18. The third-order valence-electron chi connectivity index (χ3n) is 8.14. The largest absolute Gasteiger partial charge is 0.472 e. The number of phosphoric acid groups is 2. The zero-order valence-electron chi connectivity index (χ0n) is 23.3. The SMILES string of the molecule is Nc1ncnc2c1ncn2C1OC2COP(=O)(O)OC3C(CO)C(COP(=O)(O)OC2C1F)OC3N1C=NC2C(=O)NC(N)NC21. The van der Waals surface area contributed by atoms with Gasteiger partial charge < -0.3 is 40.3 Å². The molecule has 4 fully saturated rings. The Morgan fingerprint density at radius 1 is 1.04 bits per heavy atom. The van der Waals surface area contributed by atoms with E-state index in [1.165, 1.54) is 11.2 Å². The molecule has 13 unspecified atom stereocenters. The topological polar surface area (TPSA) is 303 Å². The molecule has 2 aromatic heterocycles. The maximum Gasteiger partial charge on any atom is 0.472 e. The summed E-state index contributed by atoms with van der Waals surface area (Å²) in [4.78, 5) is 51.3. The van der Waals surface area contributed by atoms with Gasteiger partial charge in [-0.3, -0.25) is 43.5 Å². The van der Waals surface area contributed by atoms with Gasteiger partial charge in [0.25, 0.3) is 5.91 Å². The summed E-state index contributed by atoms with van der Waals surface area (Å²) in [6.07, 6.45) is -9.58. The number of nitrogens with one attached hydrogen (secondary N) is 2. The number of alkyl halides is 1. The van der Waals surface area contributed by atoms with E-state index < -0.39 is 109 Å². The lowest BCUT2D eigenvalue weighted by atomic mass is 9.99. The van der Waals surface area contributed by atoms with Crippen LogP contribution in [0.5, 0.6) is 0 Å². The number of aliphatic imine (C=N–C) groups is 1. The highest BCUT2D eigenvalue weighted by molar-refractivity contribution is 7.47. The molecule has 0 spiro atoms. The fraction of sp³-hybridized carbons (Fsp3) is 0.667. The Hall–Kier alpha value is -2.76. The molecule has 2 bridgehead atoms. The average molecular weight is 694 g/mol. The van der Waals surface area contributed by atoms with Crippen LogP contribution >= 0.6 is 15.6 Å². The number of imidazole rings is 1. The van der Waals surface area contributed by atoms with Crippen molar-refractivity contribution in [3.8, 4) is 0 Å². The van der Waals surface area contributed by atoms with Gasteiger partial charge in [0, 0.05) is 5.92 Å². The van der Waals surface area contributed by atoms with Gasteiger partial charge in [-0.25, -0.2) is 28.5 Å². The number of aromatic nitrogens is 4. The molecule has 22 nitrogen and oxygen atoms in total. The van der Waals surface area contributed by atoms with E-state index in [4.69, 9.17) is 39.0 Å². The lowest BCUT2D eigenvalue weighted by Crippen LogP contribution is -2.70. The number of aliphatic hydroxyl groups excluding tert-OH is 1. The van der Waals surface area contributed by atoms with Crippen LogP contribution in [0, 0.1) is 5.92 Å². The molecule has 0 aromatic carbocycles. The number of nitrogen functional groups attached to an aromatic ring is 1. The summed E-state index contributed by atoms with van der Waals surface area (Å²) >= 11 is 0. The highest BCUT2D eigenvalue weighted by atomic mass is 31.2. The average Bonchev–Trinajstić information content (AvgIpc) is 3.75. The standard InChI is InChI=1S/C21H29FN10O12P2/c22-10-14-9(42-19(10)31-5-27-11-15(23)25-4-26-16(11)31)3-40-45(35,36)43-13-7(1-33)8(2-39-46(37,38)44-14)41-20(13)32-6-28-12-17(32)29-21(24)30-18(12)34/h4-10,12-14,17,19-21,29,33H,1-3,24H2,(H,30,34)(H,35,36)(H,37,38)(H2,23,25,26). The van der Waals surface area contributed by atoms with Gasteiger partial charge in [0.1, 0.15) is 42.6 Å². The van der Waals surface area contributed by atoms with Crippen molar-refractivity contribution < 1.29 is 60.8 Å². The van der Waals surface area contributed by atoms with E-state index in [0.717, 1.165) is 17.2 Å². The second kappa shape index (κ2) is 11.7. The van der Waals surface area contributed by atoms with Crippen molar-refractivity contribution in [2.45, 2.75) is 61.5 Å². The molecular formula is C21H29FN10O12P2. The molecule has 5 aliphatic heterocycles. The van der Waals surface area contributed by atoms with E-state index in [2.05, 4.69) is 30.6 Å². The van der Waals surface area contributed by atoms with Crippen LogP contribution in [0.1, 0.15) is 6.23 Å². The monoisotopic (exact) mass is 694 g/mol. The number of halogens is 1. The van der Waals surface area contributed by atoms with Crippen LogP contribution in [0.3, 0.4) is 0 Å². The van der Waals surface area contributed by atoms with Crippen molar-refractivity contribution in [3.05, 3.63) is 12.7 Å². The fourth-order valence-corrected chi connectivity index (χ4v) is 7.93. The summed E-state index contributed by atoms with van der Waals surface area (Å²) in [5, 5.41) is 15.6. The molecule has 4 saturated heterocycles. The number of fused-ring (bicyclic) bond motifs is 5. The van der Waals surface area contributed by atoms with Crippen LogP contribution in [0.2, 0.25) is 0 Å². The molecule has 252 valence electrons. The number of hydrogen-bond donors (Lipinski definition) is 7. The number of nitrogens with zero attached hydrogens (tertiary/aromatic N) is 6. The summed E-state index contributed by atoms with van der Waals surface area (Å²) in [6.45, 7) is -2.32. The summed E-state index contributed by atoms with van der Waals surface area (Å²) in [5.41, 5.74) is 11.9. The normalized spacial score (nSPS) is 44.7. The summed E-state index contributed by atoms with van der Waals surface area (Å²) < 4.78 is 76.4. The number of carbonyl (C=O) groups is 1. The van der Waals surface area contributed by atoms with E-state index >= 15 is 4.39 Å². The second-order valence-electron chi connectivity index (χ2n) is 10.9. The number of amides is 1. The van der Waals surface area contributed by atoms with E-state index in [1.54, 1.807) is 0 Å². The zero-order chi connectivity index (χ0) is 32.5. The first kappa shape index (κ1) is 31.8. The molecule has 0 saturated carbocycles. The third-order valence-corrected chi connectivity index (χ3v) is 10.1. The highest BCUT2D eigenvalue weighted by Crippen LogP contribution is 2.54. The molecule has 5 aliphatic rings. The molecule has 13 atom stereocenters. The van der Waals surface area contributed by atoms with Gasteiger partial charge in [-0.2, -0.15) is 0 Å². The maximum atomic E-state index is 15.9. The van der Waals surface area contributed by atoms with Gasteiger partial charge in [0.15, 0.2) is 36.1 Å². The predicted molar refractivity (Wildman–Crippen MR) is 146 cm³/mol. The van der Waals surface area contributed by atoms with Crippen LogP contribution in [-0.2, 0) is 41.5 Å². The molecule has 0 radical (unpaired) electrons. The van der Waals surface area contributed by atoms with Gasteiger partial charge in [-0.05, 0) is 0 Å². The Labute approximate surface area is 257 Å². The van der Waals surface area contributed by atoms with Gasteiger partial charge in [0.05, 0.1) is 38.6 Å². The van der Waals surface area contributed by atoms with Crippen molar-refractivity contribution in [1.82, 2.24) is 35.1 Å². The van der Waals surface area contributed by atoms with E-state index in [9.17, 15) is 28.8 Å². The summed E-state index contributed by atoms with van der Waals surface area (Å²) in [5.74, 6) is -1.65. The predicted octanol–water partition coefficient (Wildman–Crippen LogP) is -3.00.